The molecule has 3 aromatic carbocycles. The Morgan fingerprint density at radius 2 is 1.79 bits per heavy atom. The maximum Gasteiger partial charge on any atom is 0.251 e. The molecule has 0 aliphatic carbocycles. The lowest BCUT2D eigenvalue weighted by Crippen LogP contribution is -2.23. The maximum absolute atomic E-state index is 14.5. The van der Waals surface area contributed by atoms with E-state index in [1.165, 1.54) is 18.2 Å². The zero-order chi connectivity index (χ0) is 20.7. The summed E-state index contributed by atoms with van der Waals surface area (Å²) in [5, 5.41) is 13.0. The molecule has 0 saturated heterocycles. The van der Waals surface area contributed by atoms with Gasteiger partial charge < -0.3 is 10.4 Å². The molecule has 148 valence electrons. The van der Waals surface area contributed by atoms with Crippen LogP contribution in [0.2, 0.25) is 0 Å². The Morgan fingerprint density at radius 1 is 1.03 bits per heavy atom. The number of hydrogen-bond acceptors (Lipinski definition) is 3. The molecule has 29 heavy (non-hydrogen) atoms. The van der Waals surface area contributed by atoms with E-state index in [-0.39, 0.29) is 38.5 Å². The second-order valence-electron chi connectivity index (χ2n) is 6.33. The Balaban J connectivity index is 1.95. The number of carbonyl (C=O) groups is 1. The van der Waals surface area contributed by atoms with Crippen molar-refractivity contribution in [1.29, 1.82) is 0 Å². The van der Waals surface area contributed by atoms with E-state index in [0.717, 1.165) is 0 Å². The lowest BCUT2D eigenvalue weighted by molar-refractivity contribution is 0.0950. The third-order valence-corrected chi connectivity index (χ3v) is 6.22. The molecule has 4 rings (SSSR count). The summed E-state index contributed by atoms with van der Waals surface area (Å²) in [5.41, 5.74) is 1.13. The average Bonchev–Trinajstić information content (AvgIpc) is 2.70. The fourth-order valence-corrected chi connectivity index (χ4v) is 4.63. The van der Waals surface area contributed by atoms with E-state index in [0.29, 0.717) is 17.2 Å². The van der Waals surface area contributed by atoms with Crippen LogP contribution in [0, 0.1) is 11.6 Å². The molecule has 4 bridgehead atoms. The number of carbonyl (C=O) groups excluding carboxylic acids is 1. The molecule has 5 nitrogen and oxygen atoms in total. The van der Waals surface area contributed by atoms with Crippen LogP contribution in [0.1, 0.15) is 15.9 Å². The Hall–Kier alpha value is -2.78. The van der Waals surface area contributed by atoms with Crippen LogP contribution < -0.4 is 10.0 Å². The van der Waals surface area contributed by atoms with Crippen molar-refractivity contribution in [2.24, 2.45) is 0 Å². The molecule has 3 aromatic rings. The number of rotatable bonds is 0. The van der Waals surface area contributed by atoms with E-state index in [4.69, 9.17) is 0 Å². The number of halogens is 3. The van der Waals surface area contributed by atoms with Crippen molar-refractivity contribution in [2.45, 2.75) is 11.4 Å². The van der Waals surface area contributed by atoms with E-state index < -0.39 is 28.5 Å². The van der Waals surface area contributed by atoms with Gasteiger partial charge in [0.1, 0.15) is 22.3 Å². The van der Waals surface area contributed by atoms with Gasteiger partial charge in [0.2, 0.25) is 0 Å². The van der Waals surface area contributed by atoms with Crippen molar-refractivity contribution >= 4 is 38.5 Å². The Kier molecular flexibility index (Phi) is 5.10. The highest BCUT2D eigenvalue weighted by Crippen LogP contribution is 2.35. The van der Waals surface area contributed by atoms with Crippen molar-refractivity contribution in [1.82, 2.24) is 5.32 Å². The highest BCUT2D eigenvalue weighted by Gasteiger charge is 2.21. The number of hydrogen-bond donors (Lipinski definition) is 3. The van der Waals surface area contributed by atoms with E-state index in [2.05, 4.69) is 26.0 Å². The van der Waals surface area contributed by atoms with E-state index >= 15 is 0 Å². The number of benzene rings is 3. The van der Waals surface area contributed by atoms with Crippen LogP contribution in [-0.4, -0.2) is 15.2 Å². The molecule has 0 radical (unpaired) electrons. The number of anilines is 1. The minimum atomic E-state index is -2.12. The molecule has 0 saturated carbocycles. The average molecular weight is 479 g/mol. The molecule has 9 heteroatoms. The smallest absolute Gasteiger partial charge is 0.251 e. The topological polar surface area (TPSA) is 78.4 Å². The molecule has 1 aliphatic heterocycles. The Labute approximate surface area is 175 Å². The number of phenols is 1. The summed E-state index contributed by atoms with van der Waals surface area (Å²) in [6.07, 6.45) is 0. The van der Waals surface area contributed by atoms with Gasteiger partial charge in [-0.1, -0.05) is 24.3 Å². The third kappa shape index (κ3) is 3.63. The largest absolute Gasteiger partial charge is 0.505 e. The summed E-state index contributed by atoms with van der Waals surface area (Å²) in [7, 11) is -2.12. The SMILES string of the molecule is O=C1NCc2ccccc2-c2cc(c(F)cc2F)NS(=O)c2cc1cc(Br)c2O. The molecular weight excluding hydrogens is 466 g/mol. The number of phenolic OH excluding ortho intramolecular Hbond substituents is 1. The third-order valence-electron chi connectivity index (χ3n) is 4.50. The molecule has 1 amide bonds. The second-order valence-corrected chi connectivity index (χ2v) is 8.36. The van der Waals surface area contributed by atoms with Crippen molar-refractivity contribution in [3.8, 4) is 16.9 Å². The van der Waals surface area contributed by atoms with Gasteiger partial charge >= 0.3 is 0 Å². The van der Waals surface area contributed by atoms with E-state index in [1.54, 1.807) is 24.3 Å². The van der Waals surface area contributed by atoms with Crippen LogP contribution >= 0.6 is 15.9 Å². The summed E-state index contributed by atoms with van der Waals surface area (Å²) in [6, 6.07) is 11.4. The predicted molar refractivity (Wildman–Crippen MR) is 109 cm³/mol. The van der Waals surface area contributed by atoms with Crippen LogP contribution in [0.3, 0.4) is 0 Å². The first kappa shape index (κ1) is 19.5. The van der Waals surface area contributed by atoms with Crippen molar-refractivity contribution in [3.05, 3.63) is 75.8 Å². The van der Waals surface area contributed by atoms with Gasteiger partial charge in [-0.25, -0.2) is 13.0 Å². The first-order valence-corrected chi connectivity index (χ1v) is 10.4. The van der Waals surface area contributed by atoms with E-state index in [9.17, 15) is 22.9 Å². The minimum Gasteiger partial charge on any atom is -0.505 e. The fourth-order valence-electron chi connectivity index (χ4n) is 3.05. The molecule has 0 spiro atoms. The van der Waals surface area contributed by atoms with Gasteiger partial charge in [-0.15, -0.1) is 0 Å². The number of nitrogens with one attached hydrogen (secondary N) is 2. The normalized spacial score (nSPS) is 15.8. The monoisotopic (exact) mass is 478 g/mol. The summed E-state index contributed by atoms with van der Waals surface area (Å²) in [6.45, 7) is 0.0888. The Morgan fingerprint density at radius 3 is 2.59 bits per heavy atom. The Bertz CT molecular complexity index is 1190. The van der Waals surface area contributed by atoms with E-state index in [1.807, 2.05) is 0 Å². The fraction of sp³-hybridized carbons (Fsp3) is 0.0500. The maximum atomic E-state index is 14.5. The van der Waals surface area contributed by atoms with Gasteiger partial charge in [-0.2, -0.15) is 0 Å². The lowest BCUT2D eigenvalue weighted by Gasteiger charge is -2.13. The standard InChI is InChI=1S/C20H13BrF2N2O3S/c21-14-5-11-6-18(19(14)26)29(28)25-17-7-13(15(22)8-16(17)23)12-4-2-1-3-10(12)9-24-20(11)27/h1-8,25-26H,9H2,(H,24,27). The summed E-state index contributed by atoms with van der Waals surface area (Å²) in [5.74, 6) is -2.56. The summed E-state index contributed by atoms with van der Waals surface area (Å²) >= 11 is 3.13. The van der Waals surface area contributed by atoms with Crippen LogP contribution in [0.4, 0.5) is 14.5 Å². The summed E-state index contributed by atoms with van der Waals surface area (Å²) in [4.78, 5) is 12.5. The van der Waals surface area contributed by atoms with Gasteiger partial charge in [0.15, 0.2) is 11.0 Å². The number of fused-ring (bicyclic) bond motifs is 6. The molecule has 0 aromatic heterocycles. The van der Waals surface area contributed by atoms with Crippen molar-refractivity contribution in [3.63, 3.8) is 0 Å². The molecule has 1 unspecified atom stereocenters. The number of aromatic hydroxyl groups is 1. The number of amides is 1. The van der Waals surface area contributed by atoms with Gasteiger partial charge in [0.25, 0.3) is 5.91 Å². The molecule has 3 N–H and O–H groups in total. The first-order chi connectivity index (χ1) is 13.8. The van der Waals surface area contributed by atoms with Crippen LogP contribution in [0.5, 0.6) is 5.75 Å². The van der Waals surface area contributed by atoms with Gasteiger partial charge in [-0.3, -0.25) is 9.52 Å². The zero-order valence-electron chi connectivity index (χ0n) is 14.6. The predicted octanol–water partition coefficient (Wildman–Crippen LogP) is 4.48. The lowest BCUT2D eigenvalue weighted by atomic mass is 9.98. The molecule has 0 fully saturated rings. The molecule has 1 atom stereocenters. The second kappa shape index (κ2) is 7.57. The zero-order valence-corrected chi connectivity index (χ0v) is 17.0. The van der Waals surface area contributed by atoms with Crippen LogP contribution in [0.25, 0.3) is 11.1 Å². The highest BCUT2D eigenvalue weighted by molar-refractivity contribution is 9.10. The van der Waals surface area contributed by atoms with Crippen molar-refractivity contribution in [2.75, 3.05) is 4.72 Å². The molecule has 1 aliphatic rings. The van der Waals surface area contributed by atoms with Crippen molar-refractivity contribution < 1.29 is 22.9 Å². The van der Waals surface area contributed by atoms with Crippen LogP contribution in [-0.2, 0) is 17.5 Å². The van der Waals surface area contributed by atoms with Gasteiger partial charge in [0, 0.05) is 23.7 Å². The minimum absolute atomic E-state index is 0.0888. The van der Waals surface area contributed by atoms with Gasteiger partial charge in [-0.05, 0) is 45.3 Å². The van der Waals surface area contributed by atoms with Gasteiger partial charge in [0.05, 0.1) is 10.2 Å². The quantitative estimate of drug-likeness (QED) is 0.445. The summed E-state index contributed by atoms with van der Waals surface area (Å²) < 4.78 is 44.3. The van der Waals surface area contributed by atoms with Crippen LogP contribution in [0.15, 0.2) is 57.9 Å². The first-order valence-electron chi connectivity index (χ1n) is 8.41. The molecular formula is C20H13BrF2N2O3S. The molecule has 1 heterocycles. The highest BCUT2D eigenvalue weighted by atomic mass is 79.9.